The van der Waals surface area contributed by atoms with Gasteiger partial charge in [0.25, 0.3) is 5.69 Å². The SMILES string of the molecule is CN1CCC(CNCc2ccc(Br)cc2[N+](=O)[O-])CC1. The molecule has 0 bridgehead atoms. The van der Waals surface area contributed by atoms with E-state index in [1.54, 1.807) is 6.07 Å². The lowest BCUT2D eigenvalue weighted by molar-refractivity contribution is -0.385. The minimum absolute atomic E-state index is 0.176. The average Bonchev–Trinajstić information content (AvgIpc) is 2.42. The lowest BCUT2D eigenvalue weighted by Crippen LogP contribution is -2.34. The summed E-state index contributed by atoms with van der Waals surface area (Å²) in [5.41, 5.74) is 0.918. The molecule has 1 N–H and O–H groups in total. The van der Waals surface area contributed by atoms with E-state index in [0.29, 0.717) is 12.5 Å². The third-order valence-electron chi connectivity index (χ3n) is 3.83. The van der Waals surface area contributed by atoms with Crippen molar-refractivity contribution in [3.05, 3.63) is 38.3 Å². The smallest absolute Gasteiger partial charge is 0.275 e. The Labute approximate surface area is 127 Å². The van der Waals surface area contributed by atoms with Gasteiger partial charge in [-0.25, -0.2) is 0 Å². The first kappa shape index (κ1) is 15.4. The maximum absolute atomic E-state index is 11.0. The molecule has 1 saturated heterocycles. The highest BCUT2D eigenvalue weighted by Gasteiger charge is 2.17. The topological polar surface area (TPSA) is 58.4 Å². The quantitative estimate of drug-likeness (QED) is 0.660. The van der Waals surface area contributed by atoms with Gasteiger partial charge in [-0.05, 0) is 57.6 Å². The molecular weight excluding hydrogens is 322 g/mol. The molecule has 0 spiro atoms. The molecule has 1 aromatic carbocycles. The Morgan fingerprint density at radius 2 is 2.15 bits per heavy atom. The predicted octanol–water partition coefficient (Wildman–Crippen LogP) is 2.79. The number of halogens is 1. The van der Waals surface area contributed by atoms with Crippen LogP contribution in [-0.4, -0.2) is 36.5 Å². The van der Waals surface area contributed by atoms with Crippen LogP contribution in [0.1, 0.15) is 18.4 Å². The zero-order valence-electron chi connectivity index (χ0n) is 11.6. The number of nitro benzene ring substituents is 1. The predicted molar refractivity (Wildman–Crippen MR) is 82.7 cm³/mol. The molecule has 5 nitrogen and oxygen atoms in total. The van der Waals surface area contributed by atoms with Gasteiger partial charge in [-0.15, -0.1) is 0 Å². The van der Waals surface area contributed by atoms with Crippen molar-refractivity contribution in [1.29, 1.82) is 0 Å². The van der Waals surface area contributed by atoms with Crippen molar-refractivity contribution in [3.63, 3.8) is 0 Å². The number of hydrogen-bond donors (Lipinski definition) is 1. The Balaban J connectivity index is 1.86. The van der Waals surface area contributed by atoms with Gasteiger partial charge in [-0.3, -0.25) is 10.1 Å². The van der Waals surface area contributed by atoms with Crippen LogP contribution in [0.5, 0.6) is 0 Å². The van der Waals surface area contributed by atoms with Gasteiger partial charge in [0.1, 0.15) is 0 Å². The normalized spacial score (nSPS) is 17.3. The Kier molecular flexibility index (Phi) is 5.51. The van der Waals surface area contributed by atoms with Gasteiger partial charge in [0, 0.05) is 22.6 Å². The minimum Gasteiger partial charge on any atom is -0.312 e. The van der Waals surface area contributed by atoms with Gasteiger partial charge in [0.15, 0.2) is 0 Å². The van der Waals surface area contributed by atoms with Crippen LogP contribution in [0.2, 0.25) is 0 Å². The number of rotatable bonds is 5. The monoisotopic (exact) mass is 341 g/mol. The highest BCUT2D eigenvalue weighted by atomic mass is 79.9. The molecule has 0 unspecified atom stereocenters. The molecule has 1 heterocycles. The molecule has 1 fully saturated rings. The van der Waals surface area contributed by atoms with Crippen LogP contribution < -0.4 is 5.32 Å². The fourth-order valence-electron chi connectivity index (χ4n) is 2.53. The molecule has 1 aliphatic heterocycles. The van der Waals surface area contributed by atoms with Crippen molar-refractivity contribution < 1.29 is 4.92 Å². The second-order valence-electron chi connectivity index (χ2n) is 5.41. The standard InChI is InChI=1S/C14H20BrN3O2/c1-17-6-4-11(5-7-17)9-16-10-12-2-3-13(15)8-14(12)18(19)20/h2-3,8,11,16H,4-7,9-10H2,1H3. The van der Waals surface area contributed by atoms with Crippen LogP contribution in [0, 0.1) is 16.0 Å². The molecule has 0 aliphatic carbocycles. The van der Waals surface area contributed by atoms with E-state index in [9.17, 15) is 10.1 Å². The van der Waals surface area contributed by atoms with Gasteiger partial charge in [-0.1, -0.05) is 15.9 Å². The first-order chi connectivity index (χ1) is 9.56. The summed E-state index contributed by atoms with van der Waals surface area (Å²) in [5.74, 6) is 0.681. The molecule has 2 rings (SSSR count). The molecule has 1 aliphatic rings. The lowest BCUT2D eigenvalue weighted by atomic mass is 9.97. The maximum Gasteiger partial charge on any atom is 0.275 e. The Morgan fingerprint density at radius 3 is 2.80 bits per heavy atom. The summed E-state index contributed by atoms with van der Waals surface area (Å²) < 4.78 is 0.739. The van der Waals surface area contributed by atoms with Crippen molar-refractivity contribution in [2.24, 2.45) is 5.92 Å². The van der Waals surface area contributed by atoms with Crippen LogP contribution in [-0.2, 0) is 6.54 Å². The van der Waals surface area contributed by atoms with Gasteiger partial charge in [0.05, 0.1) is 4.92 Å². The maximum atomic E-state index is 11.0. The van der Waals surface area contributed by atoms with Gasteiger partial charge >= 0.3 is 0 Å². The first-order valence-electron chi connectivity index (χ1n) is 6.88. The summed E-state index contributed by atoms with van der Waals surface area (Å²) in [7, 11) is 2.15. The Morgan fingerprint density at radius 1 is 1.45 bits per heavy atom. The van der Waals surface area contributed by atoms with E-state index < -0.39 is 0 Å². The van der Waals surface area contributed by atoms with E-state index in [0.717, 1.165) is 29.7 Å². The summed E-state index contributed by atoms with van der Waals surface area (Å²) in [5, 5.41) is 14.4. The van der Waals surface area contributed by atoms with E-state index in [4.69, 9.17) is 0 Å². The van der Waals surface area contributed by atoms with Crippen LogP contribution in [0.15, 0.2) is 22.7 Å². The second-order valence-corrected chi connectivity index (χ2v) is 6.32. The Bertz CT molecular complexity index is 473. The number of hydrogen-bond acceptors (Lipinski definition) is 4. The number of piperidine rings is 1. The van der Waals surface area contributed by atoms with E-state index in [2.05, 4.69) is 33.2 Å². The summed E-state index contributed by atoms with van der Waals surface area (Å²) in [6.45, 7) is 3.77. The molecule has 0 amide bonds. The molecular formula is C14H20BrN3O2. The van der Waals surface area contributed by atoms with E-state index in [1.807, 2.05) is 12.1 Å². The van der Waals surface area contributed by atoms with Crippen molar-refractivity contribution >= 4 is 21.6 Å². The largest absolute Gasteiger partial charge is 0.312 e. The molecule has 0 aromatic heterocycles. The number of nitro groups is 1. The fraction of sp³-hybridized carbons (Fsp3) is 0.571. The highest BCUT2D eigenvalue weighted by Crippen LogP contribution is 2.23. The molecule has 20 heavy (non-hydrogen) atoms. The number of nitrogens with one attached hydrogen (secondary N) is 1. The second kappa shape index (κ2) is 7.15. The van der Waals surface area contributed by atoms with Crippen LogP contribution >= 0.6 is 15.9 Å². The zero-order chi connectivity index (χ0) is 14.5. The minimum atomic E-state index is -0.322. The molecule has 110 valence electrons. The van der Waals surface area contributed by atoms with E-state index >= 15 is 0 Å². The molecule has 0 radical (unpaired) electrons. The van der Waals surface area contributed by atoms with Crippen molar-refractivity contribution in [3.8, 4) is 0 Å². The van der Waals surface area contributed by atoms with E-state index in [-0.39, 0.29) is 10.6 Å². The zero-order valence-corrected chi connectivity index (χ0v) is 13.2. The summed E-state index contributed by atoms with van der Waals surface area (Å²) in [6, 6.07) is 5.22. The average molecular weight is 342 g/mol. The molecule has 6 heteroatoms. The van der Waals surface area contributed by atoms with Crippen LogP contribution in [0.3, 0.4) is 0 Å². The van der Waals surface area contributed by atoms with Crippen LogP contribution in [0.25, 0.3) is 0 Å². The summed E-state index contributed by atoms with van der Waals surface area (Å²) >= 11 is 3.27. The molecule has 1 aromatic rings. The third-order valence-corrected chi connectivity index (χ3v) is 4.32. The Hall–Kier alpha value is -0.980. The van der Waals surface area contributed by atoms with Gasteiger partial charge < -0.3 is 10.2 Å². The molecule has 0 atom stereocenters. The first-order valence-corrected chi connectivity index (χ1v) is 7.67. The number of nitrogens with zero attached hydrogens (tertiary/aromatic N) is 2. The summed E-state index contributed by atoms with van der Waals surface area (Å²) in [4.78, 5) is 13.0. The highest BCUT2D eigenvalue weighted by molar-refractivity contribution is 9.10. The summed E-state index contributed by atoms with van der Waals surface area (Å²) in [6.07, 6.45) is 2.40. The number of benzene rings is 1. The molecule has 0 saturated carbocycles. The number of likely N-dealkylation sites (tertiary alicyclic amines) is 1. The fourth-order valence-corrected chi connectivity index (χ4v) is 2.88. The van der Waals surface area contributed by atoms with Crippen molar-refractivity contribution in [2.75, 3.05) is 26.7 Å². The van der Waals surface area contributed by atoms with Crippen molar-refractivity contribution in [2.45, 2.75) is 19.4 Å². The van der Waals surface area contributed by atoms with Gasteiger partial charge in [0.2, 0.25) is 0 Å². The van der Waals surface area contributed by atoms with Crippen LogP contribution in [0.4, 0.5) is 5.69 Å². The van der Waals surface area contributed by atoms with Crippen molar-refractivity contribution in [1.82, 2.24) is 10.2 Å². The third kappa shape index (κ3) is 4.26. The lowest BCUT2D eigenvalue weighted by Gasteiger charge is -2.29. The van der Waals surface area contributed by atoms with Gasteiger partial charge in [-0.2, -0.15) is 0 Å². The van der Waals surface area contributed by atoms with E-state index in [1.165, 1.54) is 12.8 Å².